The van der Waals surface area contributed by atoms with Crippen LogP contribution in [0.5, 0.6) is 0 Å². The van der Waals surface area contributed by atoms with Gasteiger partial charge in [0, 0.05) is 36.8 Å². The summed E-state index contributed by atoms with van der Waals surface area (Å²) >= 11 is 0. The summed E-state index contributed by atoms with van der Waals surface area (Å²) in [6.07, 6.45) is 4.63. The Balaban J connectivity index is 1.31. The van der Waals surface area contributed by atoms with Gasteiger partial charge in [-0.05, 0) is 30.5 Å². The lowest BCUT2D eigenvalue weighted by atomic mass is 10.1. The number of anilines is 1. The largest absolute Gasteiger partial charge is 0.367 e. The van der Waals surface area contributed by atoms with E-state index in [4.69, 9.17) is 0 Å². The molecule has 7 nitrogen and oxygen atoms in total. The third kappa shape index (κ3) is 4.11. The quantitative estimate of drug-likeness (QED) is 0.475. The molecule has 2 aromatic heterocycles. The van der Waals surface area contributed by atoms with Gasteiger partial charge in [-0.2, -0.15) is 5.10 Å². The first-order valence-corrected chi connectivity index (χ1v) is 10.5. The van der Waals surface area contributed by atoms with E-state index in [9.17, 15) is 18.0 Å². The van der Waals surface area contributed by atoms with Gasteiger partial charge in [-0.3, -0.25) is 14.9 Å². The van der Waals surface area contributed by atoms with E-state index in [2.05, 4.69) is 25.5 Å². The van der Waals surface area contributed by atoms with Crippen molar-refractivity contribution in [2.75, 3.05) is 18.4 Å². The van der Waals surface area contributed by atoms with E-state index in [0.717, 1.165) is 25.0 Å². The van der Waals surface area contributed by atoms with Crippen molar-refractivity contribution in [2.24, 2.45) is 0 Å². The number of nitrogens with zero attached hydrogens (tertiary/aromatic N) is 4. The summed E-state index contributed by atoms with van der Waals surface area (Å²) in [5, 5.41) is 9.94. The number of rotatable bonds is 5. The summed E-state index contributed by atoms with van der Waals surface area (Å²) in [6.45, 7) is 0.997. The van der Waals surface area contributed by atoms with Crippen LogP contribution in [-0.2, 0) is 0 Å². The maximum Gasteiger partial charge on any atom is 0.272 e. The molecule has 5 rings (SSSR count). The molecule has 1 aliphatic heterocycles. The van der Waals surface area contributed by atoms with Crippen LogP contribution >= 0.6 is 0 Å². The van der Waals surface area contributed by atoms with E-state index in [1.54, 1.807) is 23.2 Å². The number of aromatic nitrogens is 4. The molecule has 4 aromatic rings. The second-order valence-corrected chi connectivity index (χ2v) is 7.85. The molecule has 0 bridgehead atoms. The van der Waals surface area contributed by atoms with Gasteiger partial charge < -0.3 is 10.2 Å². The zero-order valence-corrected chi connectivity index (χ0v) is 17.4. The monoisotopic (exact) mass is 452 g/mol. The third-order valence-corrected chi connectivity index (χ3v) is 5.75. The van der Waals surface area contributed by atoms with E-state index in [0.29, 0.717) is 35.7 Å². The highest BCUT2D eigenvalue weighted by molar-refractivity contribution is 5.99. The Morgan fingerprint density at radius 2 is 1.85 bits per heavy atom. The lowest BCUT2D eigenvalue weighted by Crippen LogP contribution is -2.40. The molecule has 1 fully saturated rings. The van der Waals surface area contributed by atoms with E-state index < -0.39 is 11.6 Å². The van der Waals surface area contributed by atoms with Crippen LogP contribution in [0.2, 0.25) is 0 Å². The second-order valence-electron chi connectivity index (χ2n) is 7.85. The molecule has 0 aliphatic carbocycles. The van der Waals surface area contributed by atoms with Crippen molar-refractivity contribution >= 4 is 22.8 Å². The number of halogens is 3. The van der Waals surface area contributed by atoms with Crippen molar-refractivity contribution in [3.63, 3.8) is 0 Å². The Bertz CT molecular complexity index is 1320. The molecule has 1 atom stereocenters. The predicted octanol–water partition coefficient (Wildman–Crippen LogP) is 4.15. The highest BCUT2D eigenvalue weighted by atomic mass is 19.2. The fraction of sp³-hybridized carbons (Fsp3) is 0.217. The van der Waals surface area contributed by atoms with Crippen molar-refractivity contribution in [1.82, 2.24) is 25.1 Å². The minimum atomic E-state index is -0.988. The van der Waals surface area contributed by atoms with Crippen molar-refractivity contribution in [1.29, 1.82) is 0 Å². The van der Waals surface area contributed by atoms with Crippen LogP contribution in [0.3, 0.4) is 0 Å². The molecule has 0 saturated carbocycles. The van der Waals surface area contributed by atoms with E-state index in [-0.39, 0.29) is 28.8 Å². The fourth-order valence-electron chi connectivity index (χ4n) is 4.07. The average molecular weight is 452 g/mol. The molecule has 0 radical (unpaired) electrons. The molecule has 1 aliphatic rings. The number of hydrogen-bond acceptors (Lipinski definition) is 5. The first kappa shape index (κ1) is 20.9. The van der Waals surface area contributed by atoms with Gasteiger partial charge in [0.1, 0.15) is 17.3 Å². The summed E-state index contributed by atoms with van der Waals surface area (Å²) < 4.78 is 40.2. The number of nitrogens with one attached hydrogen (secondary N) is 2. The zero-order chi connectivity index (χ0) is 22.9. The topological polar surface area (TPSA) is 86.8 Å². The predicted molar refractivity (Wildman–Crippen MR) is 116 cm³/mol. The number of H-pyrrole nitrogens is 1. The maximum atomic E-state index is 13.5. The molecule has 0 spiro atoms. The van der Waals surface area contributed by atoms with E-state index in [1.165, 1.54) is 18.3 Å². The van der Waals surface area contributed by atoms with Gasteiger partial charge in [-0.1, -0.05) is 12.1 Å². The molecule has 2 N–H and O–H groups in total. The molecule has 1 amide bonds. The van der Waals surface area contributed by atoms with Crippen molar-refractivity contribution in [3.8, 4) is 11.1 Å². The van der Waals surface area contributed by atoms with Gasteiger partial charge in [0.25, 0.3) is 5.91 Å². The average Bonchev–Trinajstić information content (AvgIpc) is 3.48. The standard InChI is InChI=1S/C23H19F3N6O/c24-14-5-3-13(4-6-14)16-11-29-31-22(16)23(33)32-7-1-2-15(32)10-28-21-12-27-19-8-17(25)18(26)9-20(19)30-21/h3-6,8-9,11-12,15H,1-2,7,10H2,(H,28,30)(H,29,31)/t15-/m0/s1. The maximum absolute atomic E-state index is 13.5. The van der Waals surface area contributed by atoms with Gasteiger partial charge >= 0.3 is 0 Å². The Hall–Kier alpha value is -3.95. The number of amides is 1. The SMILES string of the molecule is O=C(c1[nH]ncc1-c1ccc(F)cc1)N1CCC[C@H]1CNc1cnc2cc(F)c(F)cc2n1. The van der Waals surface area contributed by atoms with E-state index >= 15 is 0 Å². The zero-order valence-electron chi connectivity index (χ0n) is 17.4. The van der Waals surface area contributed by atoms with Crippen LogP contribution < -0.4 is 5.32 Å². The number of aromatic amines is 1. The van der Waals surface area contributed by atoms with Gasteiger partial charge in [0.05, 0.1) is 23.4 Å². The Kier molecular flexibility index (Phi) is 5.41. The number of benzene rings is 2. The minimum absolute atomic E-state index is 0.107. The second kappa shape index (κ2) is 8.53. The van der Waals surface area contributed by atoms with Gasteiger partial charge in [0.15, 0.2) is 11.6 Å². The van der Waals surface area contributed by atoms with Crippen molar-refractivity contribution in [2.45, 2.75) is 18.9 Å². The lowest BCUT2D eigenvalue weighted by Gasteiger charge is -2.25. The summed E-state index contributed by atoms with van der Waals surface area (Å²) in [5.41, 5.74) is 2.13. The van der Waals surface area contributed by atoms with Gasteiger partial charge in [-0.25, -0.2) is 18.2 Å². The molecule has 33 heavy (non-hydrogen) atoms. The first-order chi connectivity index (χ1) is 16.0. The van der Waals surface area contributed by atoms with Crippen LogP contribution in [0.25, 0.3) is 22.2 Å². The molecular formula is C23H19F3N6O. The number of carbonyl (C=O) groups is 1. The summed E-state index contributed by atoms with van der Waals surface area (Å²) in [4.78, 5) is 23.5. The van der Waals surface area contributed by atoms with E-state index in [1.807, 2.05) is 0 Å². The summed E-state index contributed by atoms with van der Waals surface area (Å²) in [6, 6.07) is 7.78. The van der Waals surface area contributed by atoms with Crippen molar-refractivity contribution < 1.29 is 18.0 Å². The molecule has 1 saturated heterocycles. The number of carbonyl (C=O) groups excluding carboxylic acids is 1. The van der Waals surface area contributed by atoms with Crippen LogP contribution in [0.4, 0.5) is 19.0 Å². The fourth-order valence-corrected chi connectivity index (χ4v) is 4.07. The first-order valence-electron chi connectivity index (χ1n) is 10.5. The highest BCUT2D eigenvalue weighted by Gasteiger charge is 2.31. The number of fused-ring (bicyclic) bond motifs is 1. The Morgan fingerprint density at radius 3 is 2.64 bits per heavy atom. The summed E-state index contributed by atoms with van der Waals surface area (Å²) in [7, 11) is 0. The summed E-state index contributed by atoms with van der Waals surface area (Å²) in [5.74, 6) is -2.11. The van der Waals surface area contributed by atoms with Gasteiger partial charge in [0.2, 0.25) is 0 Å². The third-order valence-electron chi connectivity index (χ3n) is 5.75. The number of likely N-dealkylation sites (tertiary alicyclic amines) is 1. The van der Waals surface area contributed by atoms with Crippen LogP contribution in [-0.4, -0.2) is 50.1 Å². The lowest BCUT2D eigenvalue weighted by molar-refractivity contribution is 0.0738. The highest BCUT2D eigenvalue weighted by Crippen LogP contribution is 2.27. The van der Waals surface area contributed by atoms with Crippen LogP contribution in [0.1, 0.15) is 23.3 Å². The molecule has 3 heterocycles. The molecule has 10 heteroatoms. The van der Waals surface area contributed by atoms with Crippen LogP contribution in [0.15, 0.2) is 48.8 Å². The smallest absolute Gasteiger partial charge is 0.272 e. The molecule has 0 unspecified atom stereocenters. The Morgan fingerprint density at radius 1 is 1.09 bits per heavy atom. The number of hydrogen-bond donors (Lipinski definition) is 2. The van der Waals surface area contributed by atoms with Crippen LogP contribution in [0, 0.1) is 17.5 Å². The van der Waals surface area contributed by atoms with Crippen molar-refractivity contribution in [3.05, 3.63) is 71.9 Å². The minimum Gasteiger partial charge on any atom is -0.367 e. The normalized spacial score (nSPS) is 15.8. The molecule has 168 valence electrons. The molecule has 2 aromatic carbocycles. The molecular weight excluding hydrogens is 433 g/mol. The van der Waals surface area contributed by atoms with Gasteiger partial charge in [-0.15, -0.1) is 0 Å². The Labute approximate surface area is 186 Å².